The van der Waals surface area contributed by atoms with Gasteiger partial charge >= 0.3 is 6.98 Å². The number of aliphatic hydroxyl groups is 1. The molecule has 1 aromatic carbocycles. The van der Waals surface area contributed by atoms with E-state index in [0.717, 1.165) is 0 Å². The van der Waals surface area contributed by atoms with Crippen LogP contribution in [-0.4, -0.2) is 18.6 Å². The molecule has 0 radical (unpaired) electrons. The van der Waals surface area contributed by atoms with Gasteiger partial charge in [0.1, 0.15) is 5.75 Å². The van der Waals surface area contributed by atoms with Crippen LogP contribution in [-0.2, 0) is 6.61 Å². The van der Waals surface area contributed by atoms with Gasteiger partial charge in [0.05, 0.1) is 13.1 Å². The number of halogens is 3. The molecule has 6 heteroatoms. The highest BCUT2D eigenvalue weighted by Crippen LogP contribution is 2.15. The average Bonchev–Trinajstić information content (AvgIpc) is 2.14. The average molecular weight is 205 g/mol. The van der Waals surface area contributed by atoms with E-state index in [4.69, 9.17) is 5.11 Å². The molecule has 0 heterocycles. The molecule has 78 valence electrons. The highest BCUT2D eigenvalue weighted by atomic mass is 19.4. The van der Waals surface area contributed by atoms with Crippen LogP contribution in [0.4, 0.5) is 12.9 Å². The summed E-state index contributed by atoms with van der Waals surface area (Å²) in [7, 11) is 0. The summed E-state index contributed by atoms with van der Waals surface area (Å²) in [5, 5.41) is 8.67. The Morgan fingerprint density at radius 3 is 2.14 bits per heavy atom. The summed E-state index contributed by atoms with van der Waals surface area (Å²) in [6, 6.07) is 5.82. The van der Waals surface area contributed by atoms with Crippen LogP contribution in [0.2, 0.25) is 0 Å². The van der Waals surface area contributed by atoms with E-state index in [-0.39, 0.29) is 12.4 Å². The molecule has 0 unspecified atom stereocenters. The summed E-state index contributed by atoms with van der Waals surface area (Å²) in [4.78, 5) is 0. The van der Waals surface area contributed by atoms with Crippen molar-refractivity contribution >= 4 is 6.98 Å². The molecule has 0 bridgehead atoms. The van der Waals surface area contributed by atoms with Gasteiger partial charge < -0.3 is 22.8 Å². The lowest BCUT2D eigenvalue weighted by atomic mass is 9.95. The molecule has 0 aromatic heterocycles. The zero-order chi connectivity index (χ0) is 10.6. The van der Waals surface area contributed by atoms with E-state index >= 15 is 0 Å². The highest BCUT2D eigenvalue weighted by molar-refractivity contribution is 6.58. The zero-order valence-corrected chi connectivity index (χ0v) is 7.29. The molecule has 0 atom stereocenters. The quantitative estimate of drug-likeness (QED) is 0.761. The van der Waals surface area contributed by atoms with Crippen molar-refractivity contribution in [2.45, 2.75) is 6.61 Å². The molecule has 0 fully saturated rings. The second-order valence-corrected chi connectivity index (χ2v) is 2.82. The lowest BCUT2D eigenvalue weighted by Gasteiger charge is -2.14. The molecule has 0 saturated heterocycles. The van der Waals surface area contributed by atoms with Gasteiger partial charge in [0.25, 0.3) is 0 Å². The molecule has 1 rings (SSSR count). The van der Waals surface area contributed by atoms with E-state index in [1.54, 1.807) is 0 Å². The van der Waals surface area contributed by atoms with Crippen LogP contribution in [0.1, 0.15) is 5.56 Å². The molecular formula is C8H9BF3O2-. The first kappa shape index (κ1) is 10.9. The van der Waals surface area contributed by atoms with Crippen molar-refractivity contribution in [1.29, 1.82) is 0 Å². The van der Waals surface area contributed by atoms with Crippen molar-refractivity contribution in [3.63, 3.8) is 0 Å². The van der Waals surface area contributed by atoms with Crippen molar-refractivity contribution in [3.05, 3.63) is 29.8 Å². The number of rotatable bonds is 4. The van der Waals surface area contributed by atoms with Crippen molar-refractivity contribution < 1.29 is 22.8 Å². The van der Waals surface area contributed by atoms with Crippen LogP contribution < -0.4 is 4.74 Å². The Kier molecular flexibility index (Phi) is 3.40. The van der Waals surface area contributed by atoms with Gasteiger partial charge in [0.15, 0.2) is 0 Å². The van der Waals surface area contributed by atoms with Crippen molar-refractivity contribution in [3.8, 4) is 5.75 Å². The third-order valence-electron chi connectivity index (χ3n) is 1.54. The minimum atomic E-state index is -4.91. The molecule has 2 nitrogen and oxygen atoms in total. The maximum atomic E-state index is 11.8. The van der Waals surface area contributed by atoms with E-state index in [0.29, 0.717) is 5.56 Å². The molecule has 0 aliphatic heterocycles. The van der Waals surface area contributed by atoms with Crippen LogP contribution in [0.3, 0.4) is 0 Å². The minimum absolute atomic E-state index is 0.135. The van der Waals surface area contributed by atoms with Crippen LogP contribution in [0, 0.1) is 0 Å². The predicted molar refractivity (Wildman–Crippen MR) is 46.9 cm³/mol. The van der Waals surface area contributed by atoms with Gasteiger partial charge in [0, 0.05) is 0 Å². The second-order valence-electron chi connectivity index (χ2n) is 2.82. The molecule has 14 heavy (non-hydrogen) atoms. The topological polar surface area (TPSA) is 29.5 Å². The Hall–Kier alpha value is -1.17. The molecule has 0 spiro atoms. The summed E-state index contributed by atoms with van der Waals surface area (Å²) in [6.07, 6.45) is 0. The van der Waals surface area contributed by atoms with Gasteiger partial charge in [-0.05, 0) is 17.7 Å². The fourth-order valence-electron chi connectivity index (χ4n) is 0.882. The van der Waals surface area contributed by atoms with Crippen LogP contribution >= 0.6 is 0 Å². The minimum Gasteiger partial charge on any atom is -0.522 e. The molecule has 0 amide bonds. The first-order valence-corrected chi connectivity index (χ1v) is 4.05. The van der Waals surface area contributed by atoms with Gasteiger partial charge in [-0.25, -0.2) is 0 Å². The number of hydrogen-bond acceptors (Lipinski definition) is 2. The zero-order valence-electron chi connectivity index (χ0n) is 7.29. The summed E-state index contributed by atoms with van der Waals surface area (Å²) in [6.45, 7) is -6.29. The van der Waals surface area contributed by atoms with E-state index in [9.17, 15) is 12.9 Å². The van der Waals surface area contributed by atoms with Crippen LogP contribution in [0.5, 0.6) is 5.75 Å². The number of benzene rings is 1. The first-order valence-electron chi connectivity index (χ1n) is 4.05. The third kappa shape index (κ3) is 3.70. The fraction of sp³-hybridized carbons (Fsp3) is 0.250. The monoisotopic (exact) mass is 205 g/mol. The largest absolute Gasteiger partial charge is 0.522 e. The Labute approximate surface area is 79.4 Å². The summed E-state index contributed by atoms with van der Waals surface area (Å²) in [5.74, 6) is 0.154. The summed E-state index contributed by atoms with van der Waals surface area (Å²) < 4.78 is 39.8. The van der Waals surface area contributed by atoms with E-state index in [1.807, 2.05) is 0 Å². The normalized spacial score (nSPS) is 11.4. The molecule has 0 aliphatic carbocycles. The number of hydrogen-bond donors (Lipinski definition) is 1. The lowest BCUT2D eigenvalue weighted by Crippen LogP contribution is -2.26. The maximum absolute atomic E-state index is 11.8. The Morgan fingerprint density at radius 1 is 1.14 bits per heavy atom. The summed E-state index contributed by atoms with van der Waals surface area (Å²) in [5.41, 5.74) is 0.634. The Bertz CT molecular complexity index is 284. The van der Waals surface area contributed by atoms with Gasteiger partial charge in [-0.3, -0.25) is 0 Å². The third-order valence-corrected chi connectivity index (χ3v) is 1.54. The molecular weight excluding hydrogens is 196 g/mol. The van der Waals surface area contributed by atoms with Crippen molar-refractivity contribution in [1.82, 2.24) is 0 Å². The van der Waals surface area contributed by atoms with Crippen LogP contribution in [0.25, 0.3) is 0 Å². The first-order chi connectivity index (χ1) is 6.51. The van der Waals surface area contributed by atoms with Gasteiger partial charge in [0.2, 0.25) is 0 Å². The predicted octanol–water partition coefficient (Wildman–Crippen LogP) is 1.94. The van der Waals surface area contributed by atoms with Crippen LogP contribution in [0.15, 0.2) is 24.3 Å². The summed E-state index contributed by atoms with van der Waals surface area (Å²) >= 11 is 0. The Morgan fingerprint density at radius 2 is 1.71 bits per heavy atom. The Balaban J connectivity index is 2.52. The SMILES string of the molecule is OCc1ccc(OC[B-](F)(F)F)cc1. The fourth-order valence-corrected chi connectivity index (χ4v) is 0.882. The van der Waals surface area contributed by atoms with Crippen molar-refractivity contribution in [2.75, 3.05) is 6.51 Å². The van der Waals surface area contributed by atoms with Gasteiger partial charge in [-0.1, -0.05) is 12.1 Å². The van der Waals surface area contributed by atoms with Crippen molar-refractivity contribution in [2.24, 2.45) is 0 Å². The molecule has 0 aliphatic rings. The number of aliphatic hydroxyl groups excluding tert-OH is 1. The molecule has 1 aromatic rings. The smallest absolute Gasteiger partial charge is 0.515 e. The van der Waals surface area contributed by atoms with E-state index < -0.39 is 13.5 Å². The van der Waals surface area contributed by atoms with Gasteiger partial charge in [-0.2, -0.15) is 0 Å². The number of ether oxygens (including phenoxy) is 1. The highest BCUT2D eigenvalue weighted by Gasteiger charge is 2.23. The standard InChI is InChI=1S/C8H9BF3O2/c10-9(11,12)6-14-8-3-1-7(5-13)2-4-8/h1-4,13H,5-6H2/q-1. The van der Waals surface area contributed by atoms with E-state index in [2.05, 4.69) is 4.74 Å². The lowest BCUT2D eigenvalue weighted by molar-refractivity contribution is 0.281. The maximum Gasteiger partial charge on any atom is 0.515 e. The van der Waals surface area contributed by atoms with Gasteiger partial charge in [-0.15, -0.1) is 0 Å². The second kappa shape index (κ2) is 4.37. The molecule has 1 N–H and O–H groups in total. The van der Waals surface area contributed by atoms with E-state index in [1.165, 1.54) is 24.3 Å². The molecule has 0 saturated carbocycles.